The number of nitrogens with zero attached hydrogens (tertiary/aromatic N) is 1. The first-order chi connectivity index (χ1) is 8.36. The highest BCUT2D eigenvalue weighted by Gasteiger charge is 2.02. The molecular weight excluding hydrogens is 250 g/mol. The van der Waals surface area contributed by atoms with Gasteiger partial charge in [-0.2, -0.15) is 0 Å². The van der Waals surface area contributed by atoms with Crippen LogP contribution in [0, 0.1) is 0 Å². The maximum atomic E-state index is 5.80. The van der Waals surface area contributed by atoms with Gasteiger partial charge in [0.1, 0.15) is 0 Å². The van der Waals surface area contributed by atoms with Crippen molar-refractivity contribution >= 4 is 33.8 Å². The predicted octanol–water partition coefficient (Wildman–Crippen LogP) is 4.70. The maximum absolute atomic E-state index is 5.80. The summed E-state index contributed by atoms with van der Waals surface area (Å²) in [5.41, 5.74) is 3.30. The summed E-state index contributed by atoms with van der Waals surface area (Å²) in [6, 6.07) is 12.6. The molecular formula is C14H10ClNS. The molecule has 0 bridgehead atoms. The van der Waals surface area contributed by atoms with E-state index in [1.165, 1.54) is 10.4 Å². The van der Waals surface area contributed by atoms with Gasteiger partial charge in [-0.05, 0) is 34.7 Å². The van der Waals surface area contributed by atoms with E-state index in [0.29, 0.717) is 5.88 Å². The van der Waals surface area contributed by atoms with Crippen LogP contribution in [0.1, 0.15) is 5.56 Å². The first-order valence-corrected chi connectivity index (χ1v) is 6.77. The number of rotatable bonds is 2. The molecule has 17 heavy (non-hydrogen) atoms. The maximum Gasteiger partial charge on any atom is 0.0708 e. The summed E-state index contributed by atoms with van der Waals surface area (Å²) >= 11 is 7.54. The molecule has 3 rings (SSSR count). The Bertz CT molecular complexity index is 646. The fourth-order valence-corrected chi connectivity index (χ4v) is 2.71. The minimum absolute atomic E-state index is 0.510. The van der Waals surface area contributed by atoms with E-state index in [-0.39, 0.29) is 0 Å². The molecule has 0 fully saturated rings. The molecule has 2 heterocycles. The molecule has 84 valence electrons. The lowest BCUT2D eigenvalue weighted by Crippen LogP contribution is -1.84. The van der Waals surface area contributed by atoms with Crippen LogP contribution in [0.3, 0.4) is 0 Å². The van der Waals surface area contributed by atoms with E-state index >= 15 is 0 Å². The minimum atomic E-state index is 0.510. The average Bonchev–Trinajstić information content (AvgIpc) is 2.91. The highest BCUT2D eigenvalue weighted by atomic mass is 35.5. The van der Waals surface area contributed by atoms with Crippen molar-refractivity contribution in [1.29, 1.82) is 0 Å². The molecule has 0 spiro atoms. The summed E-state index contributed by atoms with van der Waals surface area (Å²) in [5.74, 6) is 0.510. The summed E-state index contributed by atoms with van der Waals surface area (Å²) < 4.78 is 0. The fourth-order valence-electron chi connectivity index (χ4n) is 1.84. The van der Waals surface area contributed by atoms with Crippen molar-refractivity contribution in [2.24, 2.45) is 0 Å². The zero-order valence-electron chi connectivity index (χ0n) is 9.06. The van der Waals surface area contributed by atoms with Gasteiger partial charge in [0.05, 0.1) is 5.52 Å². The molecule has 0 unspecified atom stereocenters. The smallest absolute Gasteiger partial charge is 0.0708 e. The molecule has 0 amide bonds. The van der Waals surface area contributed by atoms with Crippen LogP contribution in [0.15, 0.2) is 48.0 Å². The van der Waals surface area contributed by atoms with E-state index in [1.54, 1.807) is 11.3 Å². The molecule has 2 aromatic heterocycles. The molecule has 1 aromatic carbocycles. The first-order valence-electron chi connectivity index (χ1n) is 5.35. The van der Waals surface area contributed by atoms with E-state index in [1.807, 2.05) is 6.20 Å². The SMILES string of the molecule is ClCc1cnc2cc(-c3cccs3)ccc2c1. The summed E-state index contributed by atoms with van der Waals surface area (Å²) in [4.78, 5) is 5.72. The van der Waals surface area contributed by atoms with Crippen LogP contribution >= 0.6 is 22.9 Å². The van der Waals surface area contributed by atoms with Gasteiger partial charge in [0.15, 0.2) is 0 Å². The largest absolute Gasteiger partial charge is 0.256 e. The predicted molar refractivity (Wildman–Crippen MR) is 74.6 cm³/mol. The van der Waals surface area contributed by atoms with E-state index in [0.717, 1.165) is 16.5 Å². The summed E-state index contributed by atoms with van der Waals surface area (Å²) in [7, 11) is 0. The van der Waals surface area contributed by atoms with Crippen LogP contribution in [-0.4, -0.2) is 4.98 Å². The highest BCUT2D eigenvalue weighted by molar-refractivity contribution is 7.13. The Morgan fingerprint density at radius 2 is 2.12 bits per heavy atom. The van der Waals surface area contributed by atoms with Crippen LogP contribution in [0.4, 0.5) is 0 Å². The number of alkyl halides is 1. The molecule has 0 aliphatic carbocycles. The highest BCUT2D eigenvalue weighted by Crippen LogP contribution is 2.27. The molecule has 0 aliphatic rings. The molecule has 1 nitrogen and oxygen atoms in total. The third-order valence-electron chi connectivity index (χ3n) is 2.70. The Labute approximate surface area is 109 Å². The second kappa shape index (κ2) is 4.47. The van der Waals surface area contributed by atoms with Gasteiger partial charge in [0, 0.05) is 22.3 Å². The van der Waals surface area contributed by atoms with Crippen molar-refractivity contribution in [3.63, 3.8) is 0 Å². The van der Waals surface area contributed by atoms with Crippen LogP contribution in [0.5, 0.6) is 0 Å². The van der Waals surface area contributed by atoms with Gasteiger partial charge in [-0.1, -0.05) is 18.2 Å². The lowest BCUT2D eigenvalue weighted by Gasteiger charge is -2.02. The average molecular weight is 260 g/mol. The number of pyridine rings is 1. The third kappa shape index (κ3) is 2.06. The van der Waals surface area contributed by atoms with Crippen LogP contribution in [0.25, 0.3) is 21.3 Å². The Kier molecular flexibility index (Phi) is 2.83. The number of hydrogen-bond acceptors (Lipinski definition) is 2. The van der Waals surface area contributed by atoms with Gasteiger partial charge in [0.2, 0.25) is 0 Å². The van der Waals surface area contributed by atoms with Gasteiger partial charge < -0.3 is 0 Å². The second-order valence-electron chi connectivity index (χ2n) is 3.86. The lowest BCUT2D eigenvalue weighted by molar-refractivity contribution is 1.30. The Morgan fingerprint density at radius 1 is 1.18 bits per heavy atom. The minimum Gasteiger partial charge on any atom is -0.256 e. The number of hydrogen-bond donors (Lipinski definition) is 0. The summed E-state index contributed by atoms with van der Waals surface area (Å²) in [5, 5.41) is 3.23. The van der Waals surface area contributed by atoms with E-state index < -0.39 is 0 Å². The quantitative estimate of drug-likeness (QED) is 0.608. The zero-order valence-corrected chi connectivity index (χ0v) is 10.6. The van der Waals surface area contributed by atoms with Gasteiger partial charge in [0.25, 0.3) is 0 Å². The molecule has 0 saturated heterocycles. The molecule has 0 saturated carbocycles. The molecule has 0 radical (unpaired) electrons. The Morgan fingerprint density at radius 3 is 2.88 bits per heavy atom. The molecule has 0 aliphatic heterocycles. The third-order valence-corrected chi connectivity index (χ3v) is 3.93. The van der Waals surface area contributed by atoms with Gasteiger partial charge in [-0.15, -0.1) is 22.9 Å². The van der Waals surface area contributed by atoms with E-state index in [4.69, 9.17) is 11.6 Å². The van der Waals surface area contributed by atoms with Gasteiger partial charge in [-0.25, -0.2) is 0 Å². The molecule has 3 aromatic rings. The normalized spacial score (nSPS) is 10.9. The lowest BCUT2D eigenvalue weighted by atomic mass is 10.1. The van der Waals surface area contributed by atoms with Crippen LogP contribution in [-0.2, 0) is 5.88 Å². The van der Waals surface area contributed by atoms with Gasteiger partial charge in [-0.3, -0.25) is 4.98 Å². The van der Waals surface area contributed by atoms with E-state index in [9.17, 15) is 0 Å². The topological polar surface area (TPSA) is 12.9 Å². The number of benzene rings is 1. The number of halogens is 1. The summed E-state index contributed by atoms with van der Waals surface area (Å²) in [6.07, 6.45) is 1.84. The number of fused-ring (bicyclic) bond motifs is 1. The van der Waals surface area contributed by atoms with Crippen molar-refractivity contribution in [2.75, 3.05) is 0 Å². The monoisotopic (exact) mass is 259 g/mol. The first kappa shape index (κ1) is 10.8. The van der Waals surface area contributed by atoms with Crippen LogP contribution in [0.2, 0.25) is 0 Å². The Balaban J connectivity index is 2.14. The van der Waals surface area contributed by atoms with E-state index in [2.05, 4.69) is 46.8 Å². The van der Waals surface area contributed by atoms with Crippen molar-refractivity contribution in [2.45, 2.75) is 5.88 Å². The fraction of sp³-hybridized carbons (Fsp3) is 0.0714. The van der Waals surface area contributed by atoms with Crippen molar-refractivity contribution < 1.29 is 0 Å². The molecule has 0 N–H and O–H groups in total. The molecule has 3 heteroatoms. The van der Waals surface area contributed by atoms with Crippen molar-refractivity contribution in [1.82, 2.24) is 4.98 Å². The number of aromatic nitrogens is 1. The number of thiophene rings is 1. The Hall–Kier alpha value is -1.38. The van der Waals surface area contributed by atoms with Crippen molar-refractivity contribution in [3.05, 3.63) is 53.5 Å². The van der Waals surface area contributed by atoms with Crippen LogP contribution < -0.4 is 0 Å². The van der Waals surface area contributed by atoms with Crippen molar-refractivity contribution in [3.8, 4) is 10.4 Å². The molecule has 0 atom stereocenters. The standard InChI is InChI=1S/C14H10ClNS/c15-8-10-6-11-3-4-12(7-13(11)16-9-10)14-2-1-5-17-14/h1-7,9H,8H2. The second-order valence-corrected chi connectivity index (χ2v) is 5.08. The van der Waals surface area contributed by atoms with Gasteiger partial charge >= 0.3 is 0 Å². The zero-order chi connectivity index (χ0) is 11.7. The summed E-state index contributed by atoms with van der Waals surface area (Å²) in [6.45, 7) is 0.